The van der Waals surface area contributed by atoms with Crippen LogP contribution in [-0.4, -0.2) is 32.8 Å². The third kappa shape index (κ3) is 3.46. The third-order valence-corrected chi connectivity index (χ3v) is 4.75. The first-order valence-corrected chi connectivity index (χ1v) is 9.10. The maximum Gasteiger partial charge on any atom is 0.161 e. The van der Waals surface area contributed by atoms with Crippen molar-refractivity contribution in [1.29, 1.82) is 0 Å². The number of benzene rings is 1. The van der Waals surface area contributed by atoms with Gasteiger partial charge < -0.3 is 10.6 Å². The number of anilines is 1. The molecule has 6 nitrogen and oxygen atoms in total. The van der Waals surface area contributed by atoms with E-state index in [0.717, 1.165) is 60.2 Å². The van der Waals surface area contributed by atoms with Gasteiger partial charge in [0.25, 0.3) is 0 Å². The first-order valence-electron chi connectivity index (χ1n) is 9.10. The van der Waals surface area contributed by atoms with E-state index in [1.54, 1.807) is 0 Å². The van der Waals surface area contributed by atoms with Crippen LogP contribution >= 0.6 is 0 Å². The van der Waals surface area contributed by atoms with Crippen molar-refractivity contribution < 1.29 is 0 Å². The van der Waals surface area contributed by atoms with Crippen LogP contribution in [0.25, 0.3) is 11.4 Å². The van der Waals surface area contributed by atoms with E-state index in [1.165, 1.54) is 5.56 Å². The zero-order valence-corrected chi connectivity index (χ0v) is 15.3. The molecule has 3 aromatic rings. The van der Waals surface area contributed by atoms with Crippen LogP contribution in [0.15, 0.2) is 36.4 Å². The Morgan fingerprint density at radius 2 is 1.92 bits per heavy atom. The Hall–Kier alpha value is -2.73. The number of hydrogen-bond acceptors (Lipinski definition) is 5. The molecule has 3 heterocycles. The topological polar surface area (TPSA) is 67.7 Å². The van der Waals surface area contributed by atoms with E-state index >= 15 is 0 Å². The van der Waals surface area contributed by atoms with Crippen LogP contribution in [0, 0.1) is 6.92 Å². The Bertz CT molecular complexity index is 900. The minimum Gasteiger partial charge on any atom is -0.364 e. The number of rotatable bonds is 4. The number of fused-ring (bicyclic) bond motifs is 1. The Balaban J connectivity index is 1.70. The van der Waals surface area contributed by atoms with Gasteiger partial charge in [-0.1, -0.05) is 30.3 Å². The molecule has 0 radical (unpaired) electrons. The highest BCUT2D eigenvalue weighted by atomic mass is 15.3. The van der Waals surface area contributed by atoms with Gasteiger partial charge >= 0.3 is 0 Å². The average Bonchev–Trinajstić information content (AvgIpc) is 2.84. The van der Waals surface area contributed by atoms with E-state index in [1.807, 2.05) is 36.9 Å². The molecule has 134 valence electrons. The smallest absolute Gasteiger partial charge is 0.161 e. The second-order valence-electron chi connectivity index (χ2n) is 6.69. The van der Waals surface area contributed by atoms with Gasteiger partial charge in [0.15, 0.2) is 5.82 Å². The largest absolute Gasteiger partial charge is 0.364 e. The van der Waals surface area contributed by atoms with Gasteiger partial charge in [0, 0.05) is 31.1 Å². The Kier molecular flexibility index (Phi) is 4.67. The van der Waals surface area contributed by atoms with E-state index in [4.69, 9.17) is 9.97 Å². The van der Waals surface area contributed by atoms with Gasteiger partial charge in [0.2, 0.25) is 0 Å². The summed E-state index contributed by atoms with van der Waals surface area (Å²) in [5.41, 5.74) is 5.59. The Morgan fingerprint density at radius 1 is 1.12 bits per heavy atom. The van der Waals surface area contributed by atoms with Gasteiger partial charge in [0.05, 0.1) is 23.6 Å². The van der Waals surface area contributed by atoms with Crippen molar-refractivity contribution in [2.45, 2.75) is 26.3 Å². The third-order valence-electron chi connectivity index (χ3n) is 4.75. The SMILES string of the molecule is Cc1cc(CNc2nc(-c3ccccc3)nc3c2CCNCC3)n(C)n1. The lowest BCUT2D eigenvalue weighted by molar-refractivity contribution is 0.707. The molecule has 0 atom stereocenters. The monoisotopic (exact) mass is 348 g/mol. The number of aromatic nitrogens is 4. The molecule has 2 N–H and O–H groups in total. The Labute approximate surface area is 153 Å². The minimum atomic E-state index is 0.697. The predicted molar refractivity (Wildman–Crippen MR) is 103 cm³/mol. The van der Waals surface area contributed by atoms with E-state index in [0.29, 0.717) is 6.54 Å². The lowest BCUT2D eigenvalue weighted by Crippen LogP contribution is -2.16. The first kappa shape index (κ1) is 16.7. The highest BCUT2D eigenvalue weighted by Gasteiger charge is 2.17. The summed E-state index contributed by atoms with van der Waals surface area (Å²) in [6.45, 7) is 4.63. The van der Waals surface area contributed by atoms with E-state index in [2.05, 4.69) is 33.9 Å². The molecule has 0 spiro atoms. The fourth-order valence-electron chi connectivity index (χ4n) is 3.41. The zero-order valence-electron chi connectivity index (χ0n) is 15.3. The molecule has 0 saturated carbocycles. The molecule has 0 fully saturated rings. The molecular formula is C20H24N6. The van der Waals surface area contributed by atoms with Crippen LogP contribution in [0.2, 0.25) is 0 Å². The van der Waals surface area contributed by atoms with Crippen molar-refractivity contribution in [3.05, 3.63) is 59.0 Å². The summed E-state index contributed by atoms with van der Waals surface area (Å²) in [6.07, 6.45) is 1.87. The lowest BCUT2D eigenvalue weighted by Gasteiger charge is -2.15. The van der Waals surface area contributed by atoms with Crippen molar-refractivity contribution in [2.75, 3.05) is 18.4 Å². The van der Waals surface area contributed by atoms with Crippen molar-refractivity contribution >= 4 is 5.82 Å². The van der Waals surface area contributed by atoms with E-state index < -0.39 is 0 Å². The standard InChI is InChI=1S/C20H24N6/c1-14-12-16(26(2)25-14)13-22-20-17-8-10-21-11-9-18(17)23-19(24-20)15-6-4-3-5-7-15/h3-7,12,21H,8-11,13H2,1-2H3,(H,22,23,24). The number of aryl methyl sites for hydroxylation is 2. The van der Waals surface area contributed by atoms with Crippen LogP contribution in [0.4, 0.5) is 5.82 Å². The summed E-state index contributed by atoms with van der Waals surface area (Å²) in [5, 5.41) is 11.4. The maximum atomic E-state index is 4.87. The lowest BCUT2D eigenvalue weighted by atomic mass is 10.1. The van der Waals surface area contributed by atoms with Crippen molar-refractivity contribution in [3.63, 3.8) is 0 Å². The van der Waals surface area contributed by atoms with E-state index in [9.17, 15) is 0 Å². The molecule has 6 heteroatoms. The number of hydrogen-bond donors (Lipinski definition) is 2. The predicted octanol–water partition coefficient (Wildman–Crippen LogP) is 2.49. The highest BCUT2D eigenvalue weighted by Crippen LogP contribution is 2.25. The average molecular weight is 348 g/mol. The van der Waals surface area contributed by atoms with Gasteiger partial charge in [-0.05, 0) is 26.0 Å². The highest BCUT2D eigenvalue weighted by molar-refractivity contribution is 5.60. The summed E-state index contributed by atoms with van der Waals surface area (Å²) < 4.78 is 1.92. The summed E-state index contributed by atoms with van der Waals surface area (Å²) in [6, 6.07) is 12.3. The first-order chi connectivity index (χ1) is 12.7. The fourth-order valence-corrected chi connectivity index (χ4v) is 3.41. The van der Waals surface area contributed by atoms with Gasteiger partial charge in [-0.2, -0.15) is 5.10 Å². The quantitative estimate of drug-likeness (QED) is 0.758. The molecule has 1 aromatic carbocycles. The van der Waals surface area contributed by atoms with Crippen LogP contribution < -0.4 is 10.6 Å². The summed E-state index contributed by atoms with van der Waals surface area (Å²) in [4.78, 5) is 9.74. The van der Waals surface area contributed by atoms with Crippen LogP contribution in [-0.2, 0) is 26.4 Å². The van der Waals surface area contributed by atoms with Gasteiger partial charge in [-0.3, -0.25) is 4.68 Å². The summed E-state index contributed by atoms with van der Waals surface area (Å²) in [7, 11) is 1.98. The van der Waals surface area contributed by atoms with Gasteiger partial charge in [0.1, 0.15) is 5.82 Å². The normalized spacial score (nSPS) is 13.9. The van der Waals surface area contributed by atoms with Crippen LogP contribution in [0.1, 0.15) is 22.6 Å². The zero-order chi connectivity index (χ0) is 17.9. The summed E-state index contributed by atoms with van der Waals surface area (Å²) >= 11 is 0. The van der Waals surface area contributed by atoms with Crippen LogP contribution in [0.3, 0.4) is 0 Å². The molecule has 1 aliphatic rings. The number of nitrogens with one attached hydrogen (secondary N) is 2. The molecule has 0 bridgehead atoms. The van der Waals surface area contributed by atoms with Crippen molar-refractivity contribution in [2.24, 2.45) is 7.05 Å². The molecule has 1 aliphatic heterocycles. The molecule has 0 saturated heterocycles. The van der Waals surface area contributed by atoms with Gasteiger partial charge in [-0.25, -0.2) is 9.97 Å². The van der Waals surface area contributed by atoms with Crippen molar-refractivity contribution in [1.82, 2.24) is 25.1 Å². The Morgan fingerprint density at radius 3 is 2.69 bits per heavy atom. The summed E-state index contributed by atoms with van der Waals surface area (Å²) in [5.74, 6) is 1.73. The second kappa shape index (κ2) is 7.25. The molecule has 2 aromatic heterocycles. The molecule has 26 heavy (non-hydrogen) atoms. The molecular weight excluding hydrogens is 324 g/mol. The molecule has 0 unspecified atom stereocenters. The number of nitrogens with zero attached hydrogens (tertiary/aromatic N) is 4. The molecule has 0 aliphatic carbocycles. The molecule has 4 rings (SSSR count). The molecule has 0 amide bonds. The van der Waals surface area contributed by atoms with Gasteiger partial charge in [-0.15, -0.1) is 0 Å². The second-order valence-corrected chi connectivity index (χ2v) is 6.69. The maximum absolute atomic E-state index is 4.87. The van der Waals surface area contributed by atoms with Crippen LogP contribution in [0.5, 0.6) is 0 Å². The minimum absolute atomic E-state index is 0.697. The van der Waals surface area contributed by atoms with E-state index in [-0.39, 0.29) is 0 Å². The fraction of sp³-hybridized carbons (Fsp3) is 0.350. The van der Waals surface area contributed by atoms with Crippen molar-refractivity contribution in [3.8, 4) is 11.4 Å².